The first-order chi connectivity index (χ1) is 8.20. The van der Waals surface area contributed by atoms with Gasteiger partial charge in [0.2, 0.25) is 0 Å². The van der Waals surface area contributed by atoms with E-state index in [0.717, 1.165) is 15.9 Å². The Morgan fingerprint density at radius 1 is 1.65 bits per heavy atom. The van der Waals surface area contributed by atoms with Crippen LogP contribution in [-0.2, 0) is 13.1 Å². The molecule has 0 fully saturated rings. The number of nitrogens with zero attached hydrogens (tertiary/aromatic N) is 2. The molecule has 0 unspecified atom stereocenters. The zero-order valence-electron chi connectivity index (χ0n) is 9.31. The highest BCUT2D eigenvalue weighted by molar-refractivity contribution is 9.10. The standard InChI is InChI=1S/C11H12BrN3OS/c1-2-15-6-8(12)3-10(15)11(16)14-5-9-4-13-7-17-9/h3-4,6-7H,2,5H2,1H3,(H,14,16). The molecule has 0 aliphatic carbocycles. The van der Waals surface area contributed by atoms with Gasteiger partial charge in [0.1, 0.15) is 5.69 Å². The van der Waals surface area contributed by atoms with E-state index in [1.54, 1.807) is 11.7 Å². The number of carbonyl (C=O) groups is 1. The van der Waals surface area contributed by atoms with Gasteiger partial charge >= 0.3 is 0 Å². The number of carbonyl (C=O) groups excluding carboxylic acids is 1. The third kappa shape index (κ3) is 2.95. The average molecular weight is 314 g/mol. The lowest BCUT2D eigenvalue weighted by Crippen LogP contribution is -2.24. The van der Waals surface area contributed by atoms with Crippen molar-refractivity contribution in [2.24, 2.45) is 0 Å². The zero-order valence-corrected chi connectivity index (χ0v) is 11.7. The lowest BCUT2D eigenvalue weighted by Gasteiger charge is -2.06. The molecule has 0 aromatic carbocycles. The Morgan fingerprint density at radius 3 is 3.12 bits per heavy atom. The molecular formula is C11H12BrN3OS. The van der Waals surface area contributed by atoms with Crippen LogP contribution in [0.5, 0.6) is 0 Å². The SMILES string of the molecule is CCn1cc(Br)cc1C(=O)NCc1cncs1. The number of hydrogen-bond donors (Lipinski definition) is 1. The summed E-state index contributed by atoms with van der Waals surface area (Å²) in [5.74, 6) is -0.0639. The number of amides is 1. The Morgan fingerprint density at radius 2 is 2.47 bits per heavy atom. The molecule has 1 N–H and O–H groups in total. The summed E-state index contributed by atoms with van der Waals surface area (Å²) >= 11 is 4.91. The number of thiazole rings is 1. The molecule has 17 heavy (non-hydrogen) atoms. The number of aryl methyl sites for hydroxylation is 1. The van der Waals surface area contributed by atoms with Gasteiger partial charge in [-0.15, -0.1) is 11.3 Å². The quantitative estimate of drug-likeness (QED) is 0.943. The van der Waals surface area contributed by atoms with Gasteiger partial charge < -0.3 is 9.88 Å². The zero-order chi connectivity index (χ0) is 12.3. The van der Waals surface area contributed by atoms with E-state index >= 15 is 0 Å². The fourth-order valence-electron chi connectivity index (χ4n) is 1.51. The third-order valence-corrected chi connectivity index (χ3v) is 3.56. The number of hydrogen-bond acceptors (Lipinski definition) is 3. The Kier molecular flexibility index (Phi) is 3.96. The topological polar surface area (TPSA) is 46.9 Å². The summed E-state index contributed by atoms with van der Waals surface area (Å²) < 4.78 is 2.83. The van der Waals surface area contributed by atoms with Crippen LogP contribution >= 0.6 is 27.3 Å². The third-order valence-electron chi connectivity index (χ3n) is 2.34. The molecule has 2 rings (SSSR count). The second kappa shape index (κ2) is 5.46. The number of halogens is 1. The first kappa shape index (κ1) is 12.3. The molecular weight excluding hydrogens is 302 g/mol. The maximum absolute atomic E-state index is 12.0. The van der Waals surface area contributed by atoms with Gasteiger partial charge in [0, 0.05) is 28.3 Å². The van der Waals surface area contributed by atoms with Crippen molar-refractivity contribution in [1.29, 1.82) is 0 Å². The van der Waals surface area contributed by atoms with Crippen molar-refractivity contribution in [3.05, 3.63) is 39.0 Å². The fraction of sp³-hybridized carbons (Fsp3) is 0.273. The summed E-state index contributed by atoms with van der Waals surface area (Å²) in [6, 6.07) is 1.82. The summed E-state index contributed by atoms with van der Waals surface area (Å²) in [5, 5.41) is 2.88. The second-order valence-electron chi connectivity index (χ2n) is 3.48. The van der Waals surface area contributed by atoms with Crippen LogP contribution in [0.25, 0.3) is 0 Å². The van der Waals surface area contributed by atoms with Crippen LogP contribution in [0, 0.1) is 0 Å². The Bertz CT molecular complexity index is 507. The van der Waals surface area contributed by atoms with Crippen molar-refractivity contribution in [1.82, 2.24) is 14.9 Å². The smallest absolute Gasteiger partial charge is 0.268 e. The molecule has 6 heteroatoms. The summed E-state index contributed by atoms with van der Waals surface area (Å²) in [7, 11) is 0. The van der Waals surface area contributed by atoms with E-state index in [2.05, 4.69) is 26.2 Å². The monoisotopic (exact) mass is 313 g/mol. The van der Waals surface area contributed by atoms with Gasteiger partial charge in [-0.25, -0.2) is 0 Å². The van der Waals surface area contributed by atoms with Crippen LogP contribution in [0.3, 0.4) is 0 Å². The van der Waals surface area contributed by atoms with Crippen LogP contribution < -0.4 is 5.32 Å². The van der Waals surface area contributed by atoms with E-state index in [1.807, 2.05) is 23.8 Å². The molecule has 2 heterocycles. The minimum atomic E-state index is -0.0639. The normalized spacial score (nSPS) is 10.5. The highest BCUT2D eigenvalue weighted by Gasteiger charge is 2.11. The number of nitrogens with one attached hydrogen (secondary N) is 1. The van der Waals surface area contributed by atoms with Crippen LogP contribution in [-0.4, -0.2) is 15.5 Å². The molecule has 1 amide bonds. The van der Waals surface area contributed by atoms with E-state index < -0.39 is 0 Å². The van der Waals surface area contributed by atoms with Gasteiger partial charge in [-0.1, -0.05) is 0 Å². The van der Waals surface area contributed by atoms with Gasteiger partial charge in [-0.2, -0.15) is 0 Å². The minimum absolute atomic E-state index is 0.0639. The lowest BCUT2D eigenvalue weighted by molar-refractivity contribution is 0.0942. The number of rotatable bonds is 4. The van der Waals surface area contributed by atoms with Gasteiger partial charge in [-0.05, 0) is 28.9 Å². The predicted molar refractivity (Wildman–Crippen MR) is 71.1 cm³/mol. The molecule has 0 saturated heterocycles. The van der Waals surface area contributed by atoms with Gasteiger partial charge in [0.05, 0.1) is 12.1 Å². The summed E-state index contributed by atoms with van der Waals surface area (Å²) in [6.45, 7) is 3.30. The molecule has 0 saturated carbocycles. The molecule has 0 radical (unpaired) electrons. The maximum Gasteiger partial charge on any atom is 0.268 e. The Hall–Kier alpha value is -1.14. The molecule has 4 nitrogen and oxygen atoms in total. The molecule has 0 bridgehead atoms. The molecule has 90 valence electrons. The van der Waals surface area contributed by atoms with Crippen molar-refractivity contribution < 1.29 is 4.79 Å². The first-order valence-electron chi connectivity index (χ1n) is 5.22. The summed E-state index contributed by atoms with van der Waals surface area (Å²) in [5.41, 5.74) is 2.43. The number of aromatic nitrogens is 2. The highest BCUT2D eigenvalue weighted by Crippen LogP contribution is 2.15. The van der Waals surface area contributed by atoms with Gasteiger partial charge in [0.25, 0.3) is 5.91 Å². The van der Waals surface area contributed by atoms with Crippen molar-refractivity contribution in [2.45, 2.75) is 20.0 Å². The van der Waals surface area contributed by atoms with Crippen LogP contribution in [0.1, 0.15) is 22.3 Å². The van der Waals surface area contributed by atoms with E-state index in [0.29, 0.717) is 12.2 Å². The van der Waals surface area contributed by atoms with Crippen molar-refractivity contribution >= 4 is 33.2 Å². The van der Waals surface area contributed by atoms with Crippen molar-refractivity contribution in [3.8, 4) is 0 Å². The highest BCUT2D eigenvalue weighted by atomic mass is 79.9. The first-order valence-corrected chi connectivity index (χ1v) is 6.89. The van der Waals surface area contributed by atoms with Gasteiger partial charge in [0.15, 0.2) is 0 Å². The molecule has 2 aromatic heterocycles. The van der Waals surface area contributed by atoms with E-state index in [1.165, 1.54) is 11.3 Å². The fourth-order valence-corrected chi connectivity index (χ4v) is 2.51. The van der Waals surface area contributed by atoms with Crippen molar-refractivity contribution in [2.75, 3.05) is 0 Å². The van der Waals surface area contributed by atoms with E-state index in [-0.39, 0.29) is 5.91 Å². The molecule has 0 aliphatic rings. The van der Waals surface area contributed by atoms with Crippen LogP contribution in [0.2, 0.25) is 0 Å². The Balaban J connectivity index is 2.04. The van der Waals surface area contributed by atoms with E-state index in [4.69, 9.17) is 0 Å². The van der Waals surface area contributed by atoms with Crippen molar-refractivity contribution in [3.63, 3.8) is 0 Å². The molecule has 0 aliphatic heterocycles. The lowest BCUT2D eigenvalue weighted by atomic mass is 10.4. The minimum Gasteiger partial charge on any atom is -0.346 e. The maximum atomic E-state index is 12.0. The Labute approximate surface area is 112 Å². The average Bonchev–Trinajstić information content (AvgIpc) is 2.94. The second-order valence-corrected chi connectivity index (χ2v) is 5.37. The summed E-state index contributed by atoms with van der Waals surface area (Å²) in [6.07, 6.45) is 3.67. The molecule has 0 atom stereocenters. The molecule has 0 spiro atoms. The van der Waals surface area contributed by atoms with E-state index in [9.17, 15) is 4.79 Å². The van der Waals surface area contributed by atoms with Crippen LogP contribution in [0.4, 0.5) is 0 Å². The van der Waals surface area contributed by atoms with Gasteiger partial charge in [-0.3, -0.25) is 9.78 Å². The largest absolute Gasteiger partial charge is 0.346 e. The molecule has 2 aromatic rings. The predicted octanol–water partition coefficient (Wildman–Crippen LogP) is 2.66. The summed E-state index contributed by atoms with van der Waals surface area (Å²) in [4.78, 5) is 17.0. The van der Waals surface area contributed by atoms with Crippen LogP contribution in [0.15, 0.2) is 28.4 Å².